The molecule has 0 aliphatic carbocycles. The highest BCUT2D eigenvalue weighted by atomic mass is 16.2. The second-order valence-electron chi connectivity index (χ2n) is 8.04. The van der Waals surface area contributed by atoms with E-state index in [9.17, 15) is 14.4 Å². The SMILES string of the molecule is CCCCCCCCCCn1cnc2c1c(=O)n(CCCCC(C)=O)c(=O)n2C. The first-order chi connectivity index (χ1) is 14.0. The minimum Gasteiger partial charge on any atom is -0.325 e. The lowest BCUT2D eigenvalue weighted by atomic mass is 10.1. The minimum absolute atomic E-state index is 0.129. The summed E-state index contributed by atoms with van der Waals surface area (Å²) in [4.78, 5) is 40.9. The standard InChI is InChI=1S/C22H36N4O3/c1-4-5-6-7-8-9-10-12-15-25-17-23-20-19(25)21(28)26(22(29)24(20)3)16-13-11-14-18(2)27/h17H,4-16H2,1-3H3. The van der Waals surface area contributed by atoms with Crippen molar-refractivity contribution in [3.8, 4) is 0 Å². The number of Topliss-reactive ketones (excluding diaryl/α,β-unsaturated/α-hetero) is 1. The van der Waals surface area contributed by atoms with Crippen molar-refractivity contribution in [3.05, 3.63) is 27.2 Å². The lowest BCUT2D eigenvalue weighted by molar-refractivity contribution is -0.117. The molecule has 7 heteroatoms. The zero-order chi connectivity index (χ0) is 21.2. The van der Waals surface area contributed by atoms with Crippen LogP contribution in [0.15, 0.2) is 15.9 Å². The molecule has 2 rings (SSSR count). The molecule has 0 N–H and O–H groups in total. The normalized spacial score (nSPS) is 11.4. The Morgan fingerprint density at radius 3 is 2.21 bits per heavy atom. The van der Waals surface area contributed by atoms with Gasteiger partial charge in [-0.25, -0.2) is 9.78 Å². The van der Waals surface area contributed by atoms with Crippen LogP contribution in [0.1, 0.15) is 84.5 Å². The van der Waals surface area contributed by atoms with Crippen molar-refractivity contribution >= 4 is 16.9 Å². The Balaban J connectivity index is 2.02. The summed E-state index contributed by atoms with van der Waals surface area (Å²) in [6.45, 7) is 4.85. The highest BCUT2D eigenvalue weighted by Crippen LogP contribution is 2.11. The Morgan fingerprint density at radius 1 is 0.931 bits per heavy atom. The van der Waals surface area contributed by atoms with Crippen molar-refractivity contribution < 1.29 is 4.79 Å². The largest absolute Gasteiger partial charge is 0.332 e. The molecule has 0 aromatic carbocycles. The van der Waals surface area contributed by atoms with E-state index in [0.717, 1.165) is 19.4 Å². The van der Waals surface area contributed by atoms with Crippen molar-refractivity contribution in [2.24, 2.45) is 7.05 Å². The van der Waals surface area contributed by atoms with Gasteiger partial charge in [-0.1, -0.05) is 51.9 Å². The van der Waals surface area contributed by atoms with Gasteiger partial charge in [-0.3, -0.25) is 13.9 Å². The summed E-state index contributed by atoms with van der Waals surface area (Å²) < 4.78 is 4.63. The van der Waals surface area contributed by atoms with Gasteiger partial charge in [-0.2, -0.15) is 0 Å². The number of fused-ring (bicyclic) bond motifs is 1. The molecule has 162 valence electrons. The molecule has 2 aromatic rings. The molecule has 0 saturated carbocycles. The fraction of sp³-hybridized carbons (Fsp3) is 0.727. The number of carbonyl (C=O) groups is 1. The van der Waals surface area contributed by atoms with E-state index in [1.54, 1.807) is 20.3 Å². The number of rotatable bonds is 14. The van der Waals surface area contributed by atoms with E-state index in [2.05, 4.69) is 11.9 Å². The van der Waals surface area contributed by atoms with Crippen LogP contribution in [0.4, 0.5) is 0 Å². The maximum absolute atomic E-state index is 13.0. The summed E-state index contributed by atoms with van der Waals surface area (Å²) in [5, 5.41) is 0. The van der Waals surface area contributed by atoms with Crippen LogP contribution < -0.4 is 11.2 Å². The van der Waals surface area contributed by atoms with Crippen LogP contribution in [0, 0.1) is 0 Å². The Labute approximate surface area is 172 Å². The molecular formula is C22H36N4O3. The summed E-state index contributed by atoms with van der Waals surface area (Å²) in [7, 11) is 1.66. The fourth-order valence-corrected chi connectivity index (χ4v) is 3.75. The molecule has 29 heavy (non-hydrogen) atoms. The molecule has 0 aliphatic heterocycles. The molecule has 0 saturated heterocycles. The second-order valence-corrected chi connectivity index (χ2v) is 8.04. The number of imidazole rings is 1. The molecule has 0 bridgehead atoms. The van der Waals surface area contributed by atoms with Gasteiger partial charge >= 0.3 is 5.69 Å². The van der Waals surface area contributed by atoms with Crippen LogP contribution in [0.25, 0.3) is 11.2 Å². The van der Waals surface area contributed by atoms with Gasteiger partial charge in [0, 0.05) is 26.6 Å². The minimum atomic E-state index is -0.345. The Hall–Kier alpha value is -2.18. The van der Waals surface area contributed by atoms with Gasteiger partial charge in [0.25, 0.3) is 5.56 Å². The zero-order valence-corrected chi connectivity index (χ0v) is 18.3. The second kappa shape index (κ2) is 11.7. The van der Waals surface area contributed by atoms with Crippen LogP contribution in [-0.2, 0) is 24.9 Å². The topological polar surface area (TPSA) is 78.9 Å². The third kappa shape index (κ3) is 6.41. The van der Waals surface area contributed by atoms with Gasteiger partial charge in [0.15, 0.2) is 11.2 Å². The predicted molar refractivity (Wildman–Crippen MR) is 116 cm³/mol. The fourth-order valence-electron chi connectivity index (χ4n) is 3.75. The molecule has 0 atom stereocenters. The molecule has 0 amide bonds. The smallest absolute Gasteiger partial charge is 0.325 e. The predicted octanol–water partition coefficient (Wildman–Crippen LogP) is 3.80. The van der Waals surface area contributed by atoms with Gasteiger partial charge in [-0.15, -0.1) is 0 Å². The van der Waals surface area contributed by atoms with Crippen molar-refractivity contribution in [1.29, 1.82) is 0 Å². The summed E-state index contributed by atoms with van der Waals surface area (Å²) in [5.41, 5.74) is 0.326. The summed E-state index contributed by atoms with van der Waals surface area (Å²) >= 11 is 0. The average molecular weight is 405 g/mol. The molecule has 7 nitrogen and oxygen atoms in total. The summed E-state index contributed by atoms with van der Waals surface area (Å²) in [6, 6.07) is 0. The van der Waals surface area contributed by atoms with Crippen LogP contribution >= 0.6 is 0 Å². The van der Waals surface area contributed by atoms with E-state index in [4.69, 9.17) is 0 Å². The number of hydrogen-bond donors (Lipinski definition) is 0. The third-order valence-corrected chi connectivity index (χ3v) is 5.51. The van der Waals surface area contributed by atoms with E-state index in [1.807, 2.05) is 4.57 Å². The Morgan fingerprint density at radius 2 is 1.55 bits per heavy atom. The lowest BCUT2D eigenvalue weighted by Gasteiger charge is -2.10. The average Bonchev–Trinajstić information content (AvgIpc) is 3.11. The van der Waals surface area contributed by atoms with E-state index in [1.165, 1.54) is 47.7 Å². The third-order valence-electron chi connectivity index (χ3n) is 5.51. The van der Waals surface area contributed by atoms with Gasteiger partial charge < -0.3 is 9.36 Å². The molecule has 0 radical (unpaired) electrons. The van der Waals surface area contributed by atoms with Crippen LogP contribution in [0.3, 0.4) is 0 Å². The van der Waals surface area contributed by atoms with Gasteiger partial charge in [0.05, 0.1) is 6.33 Å². The number of nitrogens with zero attached hydrogens (tertiary/aromatic N) is 4. The van der Waals surface area contributed by atoms with E-state index in [-0.39, 0.29) is 17.0 Å². The molecule has 0 fully saturated rings. The molecule has 2 heterocycles. The number of ketones is 1. The Kier molecular flexibility index (Phi) is 9.35. The summed E-state index contributed by atoms with van der Waals surface area (Å²) in [5.74, 6) is 0.129. The van der Waals surface area contributed by atoms with Gasteiger partial charge in [0.2, 0.25) is 0 Å². The van der Waals surface area contributed by atoms with Crippen LogP contribution in [0.2, 0.25) is 0 Å². The molecule has 0 aliphatic rings. The quantitative estimate of drug-likeness (QED) is 0.449. The van der Waals surface area contributed by atoms with Gasteiger partial charge in [-0.05, 0) is 26.2 Å². The number of hydrogen-bond acceptors (Lipinski definition) is 4. The molecule has 0 unspecified atom stereocenters. The number of carbonyl (C=O) groups excluding carboxylic acids is 1. The lowest BCUT2D eigenvalue weighted by Crippen LogP contribution is -2.39. The molecule has 0 spiro atoms. The first kappa shape index (κ1) is 23.1. The Bertz CT molecular complexity index is 907. The number of aryl methyl sites for hydroxylation is 2. The van der Waals surface area contributed by atoms with Crippen LogP contribution in [-0.4, -0.2) is 24.5 Å². The van der Waals surface area contributed by atoms with Gasteiger partial charge in [0.1, 0.15) is 5.78 Å². The van der Waals surface area contributed by atoms with E-state index >= 15 is 0 Å². The van der Waals surface area contributed by atoms with Crippen molar-refractivity contribution in [2.45, 2.75) is 97.6 Å². The van der Waals surface area contributed by atoms with Crippen molar-refractivity contribution in [1.82, 2.24) is 18.7 Å². The van der Waals surface area contributed by atoms with E-state index in [0.29, 0.717) is 37.0 Å². The number of unbranched alkanes of at least 4 members (excludes halogenated alkanes) is 8. The summed E-state index contributed by atoms with van der Waals surface area (Å²) in [6.07, 6.45) is 13.3. The van der Waals surface area contributed by atoms with Crippen molar-refractivity contribution in [2.75, 3.05) is 0 Å². The maximum Gasteiger partial charge on any atom is 0.332 e. The zero-order valence-electron chi connectivity index (χ0n) is 18.3. The molecule has 2 aromatic heterocycles. The van der Waals surface area contributed by atoms with Crippen LogP contribution in [0.5, 0.6) is 0 Å². The highest BCUT2D eigenvalue weighted by Gasteiger charge is 2.15. The van der Waals surface area contributed by atoms with E-state index < -0.39 is 0 Å². The van der Waals surface area contributed by atoms with Crippen molar-refractivity contribution in [3.63, 3.8) is 0 Å². The first-order valence-electron chi connectivity index (χ1n) is 11.1. The monoisotopic (exact) mass is 404 g/mol. The first-order valence-corrected chi connectivity index (χ1v) is 11.1. The number of aromatic nitrogens is 4. The molecular weight excluding hydrogens is 368 g/mol. The highest BCUT2D eigenvalue weighted by molar-refractivity contribution is 5.75. The maximum atomic E-state index is 13.0.